The molecule has 0 unspecified atom stereocenters. The number of benzene rings is 2. The highest BCUT2D eigenvalue weighted by molar-refractivity contribution is 8.00. The van der Waals surface area contributed by atoms with Crippen molar-refractivity contribution in [1.29, 1.82) is 0 Å². The third-order valence-corrected chi connectivity index (χ3v) is 5.24. The zero-order valence-electron chi connectivity index (χ0n) is 16.1. The molecular weight excluding hydrogens is 391 g/mol. The molecule has 0 spiro atoms. The molecule has 2 aromatic carbocycles. The van der Waals surface area contributed by atoms with Gasteiger partial charge in [-0.2, -0.15) is 0 Å². The molecule has 1 amide bonds. The summed E-state index contributed by atoms with van der Waals surface area (Å²) in [6.45, 7) is 6.01. The summed E-state index contributed by atoms with van der Waals surface area (Å²) in [5.41, 5.74) is 1.02. The number of nitrogens with one attached hydrogen (secondary N) is 1. The monoisotopic (exact) mass is 412 g/mol. The van der Waals surface area contributed by atoms with Crippen molar-refractivity contribution in [2.45, 2.75) is 23.9 Å². The molecular formula is C21H21FN4O2S. The highest BCUT2D eigenvalue weighted by Gasteiger charge is 2.21. The molecule has 0 radical (unpaired) electrons. The number of allylic oxidation sites excluding steroid dienone is 1. The first kappa shape index (κ1) is 20.6. The second kappa shape index (κ2) is 9.38. The van der Waals surface area contributed by atoms with Crippen molar-refractivity contribution in [2.75, 3.05) is 12.4 Å². The first-order valence-electron chi connectivity index (χ1n) is 8.94. The van der Waals surface area contributed by atoms with E-state index in [0.29, 0.717) is 17.5 Å². The maximum atomic E-state index is 13.8. The van der Waals surface area contributed by atoms with Crippen LogP contribution >= 0.6 is 11.8 Å². The van der Waals surface area contributed by atoms with Crippen molar-refractivity contribution in [2.24, 2.45) is 0 Å². The first-order valence-corrected chi connectivity index (χ1v) is 9.82. The molecule has 0 aliphatic heterocycles. The molecule has 0 saturated heterocycles. The minimum absolute atomic E-state index is 0.149. The van der Waals surface area contributed by atoms with Crippen LogP contribution in [0.25, 0.3) is 11.4 Å². The molecule has 3 aromatic rings. The van der Waals surface area contributed by atoms with Gasteiger partial charge in [0.2, 0.25) is 5.91 Å². The molecule has 29 heavy (non-hydrogen) atoms. The van der Waals surface area contributed by atoms with E-state index in [2.05, 4.69) is 22.1 Å². The molecule has 3 rings (SSSR count). The summed E-state index contributed by atoms with van der Waals surface area (Å²) in [6, 6.07) is 13.5. The molecule has 150 valence electrons. The van der Waals surface area contributed by atoms with Crippen molar-refractivity contribution >= 4 is 23.4 Å². The van der Waals surface area contributed by atoms with Crippen LogP contribution in [0.2, 0.25) is 0 Å². The largest absolute Gasteiger partial charge is 0.497 e. The van der Waals surface area contributed by atoms with Crippen molar-refractivity contribution in [1.82, 2.24) is 14.8 Å². The van der Waals surface area contributed by atoms with Gasteiger partial charge in [-0.15, -0.1) is 16.8 Å². The van der Waals surface area contributed by atoms with Crippen LogP contribution in [0.5, 0.6) is 5.75 Å². The van der Waals surface area contributed by atoms with Gasteiger partial charge in [-0.25, -0.2) is 4.39 Å². The Morgan fingerprint density at radius 3 is 2.66 bits per heavy atom. The van der Waals surface area contributed by atoms with E-state index in [9.17, 15) is 9.18 Å². The number of ether oxygens (including phenoxy) is 1. The summed E-state index contributed by atoms with van der Waals surface area (Å²) in [4.78, 5) is 12.5. The summed E-state index contributed by atoms with van der Waals surface area (Å²) in [5.74, 6) is 0.613. The summed E-state index contributed by atoms with van der Waals surface area (Å²) in [7, 11) is 1.61. The number of para-hydroxylation sites is 1. The number of nitrogens with zero attached hydrogens (tertiary/aromatic N) is 3. The quantitative estimate of drug-likeness (QED) is 0.439. The van der Waals surface area contributed by atoms with E-state index in [1.807, 2.05) is 28.8 Å². The van der Waals surface area contributed by atoms with Crippen LogP contribution in [-0.2, 0) is 11.3 Å². The highest BCUT2D eigenvalue weighted by atomic mass is 32.2. The number of rotatable bonds is 8. The van der Waals surface area contributed by atoms with Crippen molar-refractivity contribution in [3.05, 3.63) is 67.0 Å². The van der Waals surface area contributed by atoms with Crippen LogP contribution in [0.4, 0.5) is 10.1 Å². The Bertz CT molecular complexity index is 1000. The Kier molecular flexibility index (Phi) is 6.66. The van der Waals surface area contributed by atoms with Crippen molar-refractivity contribution < 1.29 is 13.9 Å². The third-order valence-electron chi connectivity index (χ3n) is 4.16. The van der Waals surface area contributed by atoms with E-state index < -0.39 is 11.1 Å². The maximum absolute atomic E-state index is 13.8. The molecule has 1 aromatic heterocycles. The van der Waals surface area contributed by atoms with Crippen molar-refractivity contribution in [3.8, 4) is 17.1 Å². The fourth-order valence-corrected chi connectivity index (χ4v) is 3.49. The fraction of sp³-hybridized carbons (Fsp3) is 0.190. The van der Waals surface area contributed by atoms with Gasteiger partial charge in [-0.1, -0.05) is 30.0 Å². The van der Waals surface area contributed by atoms with Gasteiger partial charge in [0.1, 0.15) is 11.6 Å². The zero-order chi connectivity index (χ0) is 20.8. The van der Waals surface area contributed by atoms with Crippen LogP contribution in [0.15, 0.2) is 66.3 Å². The summed E-state index contributed by atoms with van der Waals surface area (Å²) in [6.07, 6.45) is 1.74. The number of aromatic nitrogens is 3. The molecule has 0 saturated carbocycles. The number of anilines is 1. The Hall–Kier alpha value is -3.13. The normalized spacial score (nSPS) is 11.7. The third kappa shape index (κ3) is 4.83. The Morgan fingerprint density at radius 2 is 2.00 bits per heavy atom. The number of thioether (sulfide) groups is 1. The molecule has 1 heterocycles. The van der Waals surface area contributed by atoms with Gasteiger partial charge < -0.3 is 10.1 Å². The van der Waals surface area contributed by atoms with Crippen LogP contribution in [0, 0.1) is 5.82 Å². The lowest BCUT2D eigenvalue weighted by Crippen LogP contribution is -2.23. The average Bonchev–Trinajstić information content (AvgIpc) is 3.12. The van der Waals surface area contributed by atoms with Gasteiger partial charge in [0.25, 0.3) is 0 Å². The average molecular weight is 412 g/mol. The molecule has 0 fully saturated rings. The molecule has 8 heteroatoms. The van der Waals surface area contributed by atoms with Crippen LogP contribution < -0.4 is 10.1 Å². The minimum Gasteiger partial charge on any atom is -0.497 e. The highest BCUT2D eigenvalue weighted by Crippen LogP contribution is 2.28. The van der Waals surface area contributed by atoms with E-state index in [4.69, 9.17) is 4.74 Å². The lowest BCUT2D eigenvalue weighted by Gasteiger charge is -2.13. The number of amides is 1. The van der Waals surface area contributed by atoms with Gasteiger partial charge in [-0.3, -0.25) is 9.36 Å². The van der Waals surface area contributed by atoms with Crippen LogP contribution in [0.3, 0.4) is 0 Å². The Morgan fingerprint density at radius 1 is 1.28 bits per heavy atom. The summed E-state index contributed by atoms with van der Waals surface area (Å²) in [5, 5.41) is 11.2. The number of halogens is 1. The minimum atomic E-state index is -0.508. The Balaban J connectivity index is 1.79. The standard InChI is InChI=1S/C21H21FN4O2S/c1-4-13-26-19(15-9-11-16(28-3)12-10-15)24-25-21(26)29-14(2)20(27)23-18-8-6-5-7-17(18)22/h4-12,14H,1,13H2,2-3H3,(H,23,27)/t14-/m1/s1. The van der Waals surface area contributed by atoms with Gasteiger partial charge in [-0.05, 0) is 43.3 Å². The smallest absolute Gasteiger partial charge is 0.237 e. The molecule has 6 nitrogen and oxygen atoms in total. The SMILES string of the molecule is C=CCn1c(S[C@H](C)C(=O)Nc2ccccc2F)nnc1-c1ccc(OC)cc1. The molecule has 1 N–H and O–H groups in total. The van der Waals surface area contributed by atoms with Gasteiger partial charge in [0.15, 0.2) is 11.0 Å². The topological polar surface area (TPSA) is 69.0 Å². The van der Waals surface area contributed by atoms with Crippen LogP contribution in [0.1, 0.15) is 6.92 Å². The van der Waals surface area contributed by atoms with Gasteiger partial charge in [0.05, 0.1) is 18.0 Å². The number of hydrogen-bond acceptors (Lipinski definition) is 5. The van der Waals surface area contributed by atoms with E-state index >= 15 is 0 Å². The number of carbonyl (C=O) groups excluding carboxylic acids is 1. The molecule has 0 aliphatic rings. The lowest BCUT2D eigenvalue weighted by atomic mass is 10.2. The van der Waals surface area contributed by atoms with Crippen LogP contribution in [-0.4, -0.2) is 33.0 Å². The second-order valence-electron chi connectivity index (χ2n) is 6.16. The first-order chi connectivity index (χ1) is 14.0. The predicted molar refractivity (Wildman–Crippen MR) is 113 cm³/mol. The summed E-state index contributed by atoms with van der Waals surface area (Å²) >= 11 is 1.25. The fourth-order valence-electron chi connectivity index (χ4n) is 2.63. The predicted octanol–water partition coefficient (Wildman–Crippen LogP) is 4.40. The molecule has 0 aliphatic carbocycles. The van der Waals surface area contributed by atoms with Gasteiger partial charge in [0, 0.05) is 12.1 Å². The maximum Gasteiger partial charge on any atom is 0.237 e. The number of hydrogen-bond donors (Lipinski definition) is 1. The van der Waals surface area contributed by atoms with Crippen molar-refractivity contribution in [3.63, 3.8) is 0 Å². The number of methoxy groups -OCH3 is 1. The molecule has 0 bridgehead atoms. The van der Waals surface area contributed by atoms with E-state index in [-0.39, 0.29) is 11.6 Å². The number of carbonyl (C=O) groups is 1. The van der Waals surface area contributed by atoms with E-state index in [0.717, 1.165) is 11.3 Å². The summed E-state index contributed by atoms with van der Waals surface area (Å²) < 4.78 is 20.9. The van der Waals surface area contributed by atoms with Gasteiger partial charge >= 0.3 is 0 Å². The van der Waals surface area contributed by atoms with E-state index in [1.54, 1.807) is 32.2 Å². The zero-order valence-corrected chi connectivity index (χ0v) is 16.9. The molecule has 1 atom stereocenters. The Labute approximate surface area is 172 Å². The lowest BCUT2D eigenvalue weighted by molar-refractivity contribution is -0.115. The van der Waals surface area contributed by atoms with E-state index in [1.165, 1.54) is 23.9 Å². The second-order valence-corrected chi connectivity index (χ2v) is 7.47.